The van der Waals surface area contributed by atoms with Gasteiger partial charge in [0.15, 0.2) is 5.83 Å². The van der Waals surface area contributed by atoms with Gasteiger partial charge in [-0.2, -0.15) is 15.2 Å². The van der Waals surface area contributed by atoms with Gasteiger partial charge in [-0.3, -0.25) is 4.79 Å². The van der Waals surface area contributed by atoms with E-state index in [-0.39, 0.29) is 24.6 Å². The number of carbonyl (C=O) groups excluding carboxylic acids is 1. The first kappa shape index (κ1) is 26.3. The largest absolute Gasteiger partial charge is 0.467 e. The highest BCUT2D eigenvalue weighted by molar-refractivity contribution is 7.17. The maximum atomic E-state index is 13.6. The van der Waals surface area contributed by atoms with Gasteiger partial charge in [0.05, 0.1) is 31.3 Å². The molecule has 1 amide bonds. The third-order valence-corrected chi connectivity index (χ3v) is 8.34. The van der Waals surface area contributed by atoms with E-state index in [1.54, 1.807) is 7.11 Å². The molecule has 1 aliphatic carbocycles. The van der Waals surface area contributed by atoms with Crippen molar-refractivity contribution in [1.29, 1.82) is 5.26 Å². The van der Waals surface area contributed by atoms with Gasteiger partial charge in [-0.1, -0.05) is 36.4 Å². The van der Waals surface area contributed by atoms with Crippen LogP contribution in [0.25, 0.3) is 0 Å². The lowest BCUT2D eigenvalue weighted by atomic mass is 9.82. The summed E-state index contributed by atoms with van der Waals surface area (Å²) < 4.78 is 19.0. The summed E-state index contributed by atoms with van der Waals surface area (Å²) in [6, 6.07) is 9.89. The fraction of sp³-hybridized carbons (Fsp3) is 0.462. The highest BCUT2D eigenvalue weighted by atomic mass is 35.5. The number of anilines is 1. The van der Waals surface area contributed by atoms with E-state index in [0.717, 1.165) is 53.3 Å². The Labute approximate surface area is 218 Å². The molecule has 1 aromatic heterocycles. The molecule has 4 rings (SSSR count). The molecule has 1 fully saturated rings. The number of aromatic nitrogens is 2. The first-order valence-corrected chi connectivity index (χ1v) is 13.1. The number of piperazine rings is 1. The van der Waals surface area contributed by atoms with Crippen LogP contribution in [-0.2, 0) is 17.6 Å². The molecule has 2 aliphatic rings. The average molecular weight is 530 g/mol. The normalized spacial score (nSPS) is 21.5. The zero-order valence-corrected chi connectivity index (χ0v) is 22.2. The van der Waals surface area contributed by atoms with Crippen molar-refractivity contribution in [2.75, 3.05) is 31.6 Å². The van der Waals surface area contributed by atoms with Gasteiger partial charge in [-0.25, -0.2) is 4.39 Å². The summed E-state index contributed by atoms with van der Waals surface area (Å²) in [5, 5.41) is 10.1. The van der Waals surface area contributed by atoms with Gasteiger partial charge in [0.2, 0.25) is 0 Å². The van der Waals surface area contributed by atoms with E-state index in [1.807, 2.05) is 18.2 Å². The van der Waals surface area contributed by atoms with Gasteiger partial charge in [-0.05, 0) is 43.2 Å². The molecule has 0 radical (unpaired) electrons. The van der Waals surface area contributed by atoms with Crippen LogP contribution >= 0.6 is 20.8 Å². The maximum absolute atomic E-state index is 13.6. The Balaban J connectivity index is 1.57. The number of nitriles is 1. The minimum Gasteiger partial charge on any atom is -0.467 e. The fourth-order valence-electron chi connectivity index (χ4n) is 5.19. The second-order valence-corrected chi connectivity index (χ2v) is 10.3. The lowest BCUT2D eigenvalue weighted by Gasteiger charge is -2.42. The number of ether oxygens (including phenoxy) is 1. The molecule has 190 valence electrons. The summed E-state index contributed by atoms with van der Waals surface area (Å²) in [6.07, 6.45) is 3.77. The number of benzene rings is 1. The summed E-state index contributed by atoms with van der Waals surface area (Å²) in [6.45, 7) is 4.25. The molecule has 36 heavy (non-hydrogen) atoms. The number of halogens is 2. The SMILES string of the molecule is C=C(F)C(=O)N1CCN(c2nc(OC)nc3c2CCC(CCc2ccccc2Cl)C3P)CC1CC#N. The van der Waals surface area contributed by atoms with Crippen LogP contribution in [0.2, 0.25) is 5.02 Å². The number of hydrogen-bond acceptors (Lipinski definition) is 6. The highest BCUT2D eigenvalue weighted by Gasteiger charge is 2.36. The van der Waals surface area contributed by atoms with E-state index >= 15 is 0 Å². The number of amides is 1. The third kappa shape index (κ3) is 5.48. The molecule has 0 spiro atoms. The highest BCUT2D eigenvalue weighted by Crippen LogP contribution is 2.45. The predicted octanol–water partition coefficient (Wildman–Crippen LogP) is 4.66. The van der Waals surface area contributed by atoms with E-state index in [2.05, 4.69) is 37.8 Å². The zero-order chi connectivity index (χ0) is 25.8. The van der Waals surface area contributed by atoms with Gasteiger partial charge in [-0.15, -0.1) is 9.24 Å². The molecule has 1 saturated heterocycles. The number of methoxy groups -OCH3 is 1. The lowest BCUT2D eigenvalue weighted by molar-refractivity contribution is -0.131. The minimum atomic E-state index is -1.01. The van der Waals surface area contributed by atoms with Crippen molar-refractivity contribution in [2.45, 2.75) is 43.8 Å². The van der Waals surface area contributed by atoms with Crippen LogP contribution in [0.15, 0.2) is 36.7 Å². The molecule has 0 bridgehead atoms. The Bertz CT molecular complexity index is 1190. The second-order valence-electron chi connectivity index (χ2n) is 9.22. The molecule has 10 heteroatoms. The minimum absolute atomic E-state index is 0.0936. The first-order valence-electron chi connectivity index (χ1n) is 12.0. The number of fused-ring (bicyclic) bond motifs is 1. The maximum Gasteiger partial charge on any atom is 0.318 e. The molecular formula is C26H30ClFN5O2P. The van der Waals surface area contributed by atoms with Crippen molar-refractivity contribution in [3.8, 4) is 12.1 Å². The van der Waals surface area contributed by atoms with Crippen LogP contribution in [0.3, 0.4) is 0 Å². The Hall–Kier alpha value is -2.75. The molecule has 4 unspecified atom stereocenters. The molecule has 2 aromatic rings. The Kier molecular flexibility index (Phi) is 8.43. The van der Waals surface area contributed by atoms with Gasteiger partial charge >= 0.3 is 6.01 Å². The van der Waals surface area contributed by atoms with Crippen molar-refractivity contribution >= 4 is 32.6 Å². The summed E-state index contributed by atoms with van der Waals surface area (Å²) in [7, 11) is 4.50. The van der Waals surface area contributed by atoms with Crippen LogP contribution < -0.4 is 9.64 Å². The molecular weight excluding hydrogens is 500 g/mol. The van der Waals surface area contributed by atoms with E-state index in [1.165, 1.54) is 4.90 Å². The van der Waals surface area contributed by atoms with Crippen LogP contribution in [0.1, 0.15) is 41.7 Å². The molecule has 2 heterocycles. The van der Waals surface area contributed by atoms with Gasteiger partial charge in [0.25, 0.3) is 5.91 Å². The number of aryl methyl sites for hydroxylation is 1. The van der Waals surface area contributed by atoms with Crippen LogP contribution in [0.4, 0.5) is 10.2 Å². The molecule has 1 aliphatic heterocycles. The van der Waals surface area contributed by atoms with E-state index in [0.29, 0.717) is 19.0 Å². The molecule has 7 nitrogen and oxygen atoms in total. The Morgan fingerprint density at radius 3 is 2.83 bits per heavy atom. The summed E-state index contributed by atoms with van der Waals surface area (Å²) in [5.41, 5.74) is 3.29. The van der Waals surface area contributed by atoms with Crippen molar-refractivity contribution < 1.29 is 13.9 Å². The van der Waals surface area contributed by atoms with Crippen molar-refractivity contribution in [3.63, 3.8) is 0 Å². The second kappa shape index (κ2) is 11.5. The molecule has 4 atom stereocenters. The average Bonchev–Trinajstić information content (AvgIpc) is 2.88. The molecule has 0 N–H and O–H groups in total. The van der Waals surface area contributed by atoms with Crippen molar-refractivity contribution in [2.24, 2.45) is 5.92 Å². The first-order chi connectivity index (χ1) is 17.3. The topological polar surface area (TPSA) is 82.3 Å². The molecule has 0 saturated carbocycles. The quantitative estimate of drug-likeness (QED) is 0.383. The monoisotopic (exact) mass is 529 g/mol. The van der Waals surface area contributed by atoms with Crippen molar-refractivity contribution in [3.05, 3.63) is 58.5 Å². The number of rotatable bonds is 7. The van der Waals surface area contributed by atoms with E-state index < -0.39 is 17.8 Å². The third-order valence-electron chi connectivity index (χ3n) is 7.11. The Morgan fingerprint density at radius 1 is 1.36 bits per heavy atom. The number of carbonyl (C=O) groups is 1. The number of nitrogens with zero attached hydrogens (tertiary/aromatic N) is 5. The van der Waals surface area contributed by atoms with Crippen molar-refractivity contribution in [1.82, 2.24) is 14.9 Å². The zero-order valence-electron chi connectivity index (χ0n) is 20.3. The van der Waals surface area contributed by atoms with Gasteiger partial charge in [0.1, 0.15) is 5.82 Å². The van der Waals surface area contributed by atoms with Gasteiger partial charge < -0.3 is 14.5 Å². The number of hydrogen-bond donors (Lipinski definition) is 0. The van der Waals surface area contributed by atoms with Crippen LogP contribution in [-0.4, -0.2) is 53.6 Å². The fourth-order valence-corrected chi connectivity index (χ4v) is 6.08. The predicted molar refractivity (Wildman–Crippen MR) is 141 cm³/mol. The van der Waals surface area contributed by atoms with Crippen LogP contribution in [0, 0.1) is 17.2 Å². The lowest BCUT2D eigenvalue weighted by Crippen LogP contribution is -2.55. The van der Waals surface area contributed by atoms with Gasteiger partial charge in [0, 0.05) is 35.9 Å². The van der Waals surface area contributed by atoms with Crippen LogP contribution in [0.5, 0.6) is 6.01 Å². The van der Waals surface area contributed by atoms with E-state index in [4.69, 9.17) is 21.3 Å². The summed E-state index contributed by atoms with van der Waals surface area (Å²) in [4.78, 5) is 25.2. The Morgan fingerprint density at radius 2 is 2.14 bits per heavy atom. The smallest absolute Gasteiger partial charge is 0.318 e. The summed E-state index contributed by atoms with van der Waals surface area (Å²) in [5.74, 6) is -0.602. The molecule has 1 aromatic carbocycles. The van der Waals surface area contributed by atoms with E-state index in [9.17, 15) is 14.4 Å². The standard InChI is InChI=1S/C26H30ClFN5O2P/c1-16(28)25(34)33-14-13-32(15-19(33)11-12-29)24-20-10-9-18(8-7-17-5-3-4-6-21(17)27)23(36)22(20)30-26(31-24)35-2/h3-6,18-19,23H,1,7-11,13-15,36H2,2H3. The summed E-state index contributed by atoms with van der Waals surface area (Å²) >= 11 is 6.37.